The second-order valence-corrected chi connectivity index (χ2v) is 15.4. The molecule has 5 rings (SSSR count). The number of allylic oxidation sites excluding steroid dienone is 7. The molecule has 0 spiro atoms. The molecule has 2 atom stereocenters. The van der Waals surface area contributed by atoms with Gasteiger partial charge in [-0.3, -0.25) is 0 Å². The van der Waals surface area contributed by atoms with Gasteiger partial charge in [0, 0.05) is 38.8 Å². The molecule has 6 heteroatoms. The van der Waals surface area contributed by atoms with Gasteiger partial charge in [0.05, 0.1) is 0 Å². The van der Waals surface area contributed by atoms with Crippen molar-refractivity contribution in [2.45, 2.75) is 99.1 Å². The number of ether oxygens (including phenoxy) is 1. The van der Waals surface area contributed by atoms with Crippen LogP contribution in [-0.2, 0) is 11.3 Å². The van der Waals surface area contributed by atoms with Crippen molar-refractivity contribution >= 4 is 39.4 Å². The van der Waals surface area contributed by atoms with E-state index in [1.54, 1.807) is 0 Å². The number of unbranched alkanes of at least 4 members (excludes halogenated alkanes) is 1. The fraction of sp³-hybridized carbons (Fsp3) is 0.419. The van der Waals surface area contributed by atoms with Gasteiger partial charge in [0.15, 0.2) is 11.3 Å². The Bertz CT molecular complexity index is 2090. The van der Waals surface area contributed by atoms with Crippen molar-refractivity contribution < 1.29 is 4.74 Å². The van der Waals surface area contributed by atoms with E-state index in [-0.39, 0.29) is 22.3 Å². The molecule has 2 aromatic carbocycles. The SMILES string of the molecule is CCCC[C@@H](CC)Cn1/c(=C/C=C2\C[C@H](C(C)(C)C)CC(/C=C/C3=C(C#N)C(=C(C#N)C#N)OC3(C)C)=C2Cl)c2cccc3cccc1c32. The Hall–Kier alpha value is -4.50. The van der Waals surface area contributed by atoms with E-state index in [0.29, 0.717) is 17.4 Å². The third-order valence-corrected chi connectivity index (χ3v) is 10.9. The molecule has 2 aliphatic rings. The molecule has 1 aromatic heterocycles. The van der Waals surface area contributed by atoms with Gasteiger partial charge in [-0.1, -0.05) is 114 Å². The number of benzene rings is 2. The standard InChI is InChI=1S/C43H47ClN4O/c1-8-10-13-28(9-2)27-48-37(34-16-11-14-29-15-12-17-38(48)39(29)34)21-19-31-23-33(42(3,4)5)22-30(40(31)44)18-20-36-35(26-47)41(32(24-45)25-46)49-43(36,6)7/h11-12,14-21,28,33H,8-10,13,22-23,27H2,1-7H3/b20-18+,31-19+,37-21+/t28-,33-/m1/s1. The largest absolute Gasteiger partial charge is 0.480 e. The summed E-state index contributed by atoms with van der Waals surface area (Å²) in [7, 11) is 0. The first-order chi connectivity index (χ1) is 23.4. The molecule has 0 saturated heterocycles. The molecule has 2 heterocycles. The van der Waals surface area contributed by atoms with Gasteiger partial charge in [-0.2, -0.15) is 15.8 Å². The molecule has 0 saturated carbocycles. The maximum atomic E-state index is 10.1. The molecule has 1 aliphatic carbocycles. The molecule has 0 unspecified atom stereocenters. The Balaban J connectivity index is 1.67. The van der Waals surface area contributed by atoms with Crippen molar-refractivity contribution in [3.05, 3.63) is 98.6 Å². The second kappa shape index (κ2) is 14.5. The zero-order chi connectivity index (χ0) is 35.5. The van der Waals surface area contributed by atoms with E-state index in [9.17, 15) is 15.8 Å². The average molecular weight is 671 g/mol. The fourth-order valence-corrected chi connectivity index (χ4v) is 7.60. The summed E-state index contributed by atoms with van der Waals surface area (Å²) in [4.78, 5) is 0. The van der Waals surface area contributed by atoms with Crippen LogP contribution in [0, 0.1) is 51.2 Å². The van der Waals surface area contributed by atoms with Gasteiger partial charge in [0.1, 0.15) is 29.4 Å². The molecule has 5 nitrogen and oxygen atoms in total. The van der Waals surface area contributed by atoms with E-state index in [4.69, 9.17) is 16.3 Å². The highest BCUT2D eigenvalue weighted by molar-refractivity contribution is 6.32. The van der Waals surface area contributed by atoms with Crippen LogP contribution < -0.4 is 5.35 Å². The summed E-state index contributed by atoms with van der Waals surface area (Å²) in [6, 6.07) is 19.1. The first kappa shape index (κ1) is 35.8. The maximum absolute atomic E-state index is 10.1. The van der Waals surface area contributed by atoms with Crippen molar-refractivity contribution in [3.8, 4) is 18.2 Å². The number of rotatable bonds is 9. The molecule has 0 radical (unpaired) electrons. The highest BCUT2D eigenvalue weighted by Crippen LogP contribution is 2.46. The molecule has 3 aromatic rings. The summed E-state index contributed by atoms with van der Waals surface area (Å²) in [5.74, 6) is 0.984. The monoisotopic (exact) mass is 670 g/mol. The summed E-state index contributed by atoms with van der Waals surface area (Å²) >= 11 is 7.28. The number of halogens is 1. The summed E-state index contributed by atoms with van der Waals surface area (Å²) in [5.41, 5.74) is 3.14. The van der Waals surface area contributed by atoms with Crippen LogP contribution in [0.2, 0.25) is 0 Å². The smallest absolute Gasteiger partial charge is 0.172 e. The number of nitriles is 3. The van der Waals surface area contributed by atoms with Crippen LogP contribution in [0.5, 0.6) is 0 Å². The third kappa shape index (κ3) is 7.13. The Morgan fingerprint density at radius 1 is 1.04 bits per heavy atom. The van der Waals surface area contributed by atoms with Gasteiger partial charge in [0.2, 0.25) is 0 Å². The zero-order valence-electron chi connectivity index (χ0n) is 30.0. The normalized spacial score (nSPS) is 19.9. The lowest BCUT2D eigenvalue weighted by Gasteiger charge is -2.35. The lowest BCUT2D eigenvalue weighted by Crippen LogP contribution is -2.25. The molecule has 0 fully saturated rings. The molecule has 1 aliphatic heterocycles. The Morgan fingerprint density at radius 2 is 1.76 bits per heavy atom. The van der Waals surface area contributed by atoms with Crippen LogP contribution in [0.1, 0.15) is 87.0 Å². The van der Waals surface area contributed by atoms with Crippen LogP contribution in [0.3, 0.4) is 0 Å². The lowest BCUT2D eigenvalue weighted by atomic mass is 9.71. The summed E-state index contributed by atoms with van der Waals surface area (Å²) in [6.07, 6.45) is 14.8. The van der Waals surface area contributed by atoms with Crippen LogP contribution in [0.25, 0.3) is 27.8 Å². The van der Waals surface area contributed by atoms with Crippen molar-refractivity contribution in [2.75, 3.05) is 0 Å². The number of aromatic nitrogens is 1. The van der Waals surface area contributed by atoms with Crippen molar-refractivity contribution in [1.29, 1.82) is 15.8 Å². The van der Waals surface area contributed by atoms with E-state index < -0.39 is 5.60 Å². The second-order valence-electron chi connectivity index (χ2n) is 15.0. The van der Waals surface area contributed by atoms with Crippen LogP contribution in [0.4, 0.5) is 0 Å². The lowest BCUT2D eigenvalue weighted by molar-refractivity contribution is 0.0954. The van der Waals surface area contributed by atoms with Gasteiger partial charge in [-0.05, 0) is 79.0 Å². The Kier molecular flexibility index (Phi) is 10.6. The van der Waals surface area contributed by atoms with Crippen molar-refractivity contribution in [2.24, 2.45) is 17.3 Å². The topological polar surface area (TPSA) is 85.5 Å². The minimum absolute atomic E-state index is 0.0367. The van der Waals surface area contributed by atoms with E-state index >= 15 is 0 Å². The summed E-state index contributed by atoms with van der Waals surface area (Å²) in [6.45, 7) is 16.1. The van der Waals surface area contributed by atoms with Crippen LogP contribution >= 0.6 is 11.6 Å². The number of hydrogen-bond acceptors (Lipinski definition) is 4. The quantitative estimate of drug-likeness (QED) is 0.212. The average Bonchev–Trinajstić information content (AvgIpc) is 3.51. The van der Waals surface area contributed by atoms with Gasteiger partial charge >= 0.3 is 0 Å². The van der Waals surface area contributed by atoms with Gasteiger partial charge in [-0.25, -0.2) is 0 Å². The first-order valence-corrected chi connectivity index (χ1v) is 17.9. The van der Waals surface area contributed by atoms with Crippen molar-refractivity contribution in [3.63, 3.8) is 0 Å². The third-order valence-electron chi connectivity index (χ3n) is 10.4. The predicted molar refractivity (Wildman–Crippen MR) is 201 cm³/mol. The zero-order valence-corrected chi connectivity index (χ0v) is 30.7. The maximum Gasteiger partial charge on any atom is 0.172 e. The molecule has 0 bridgehead atoms. The van der Waals surface area contributed by atoms with Crippen molar-refractivity contribution in [1.82, 2.24) is 4.57 Å². The summed E-state index contributed by atoms with van der Waals surface area (Å²) in [5, 5.41) is 34.8. The Morgan fingerprint density at radius 3 is 2.39 bits per heavy atom. The van der Waals surface area contributed by atoms with E-state index in [1.165, 1.54) is 46.3 Å². The minimum Gasteiger partial charge on any atom is -0.480 e. The Labute approximate surface area is 296 Å². The highest BCUT2D eigenvalue weighted by Gasteiger charge is 2.39. The summed E-state index contributed by atoms with van der Waals surface area (Å²) < 4.78 is 8.53. The van der Waals surface area contributed by atoms with E-state index in [0.717, 1.165) is 42.0 Å². The van der Waals surface area contributed by atoms with Crippen LogP contribution in [0.15, 0.2) is 93.3 Å². The highest BCUT2D eigenvalue weighted by atomic mass is 35.5. The molecule has 252 valence electrons. The van der Waals surface area contributed by atoms with Gasteiger partial charge in [-0.15, -0.1) is 0 Å². The molecular formula is C43H47ClN4O. The first-order valence-electron chi connectivity index (χ1n) is 17.5. The molecular weight excluding hydrogens is 624 g/mol. The number of nitrogens with zero attached hydrogens (tertiary/aromatic N) is 4. The van der Waals surface area contributed by atoms with Gasteiger partial charge < -0.3 is 9.30 Å². The molecule has 49 heavy (non-hydrogen) atoms. The van der Waals surface area contributed by atoms with E-state index in [1.807, 2.05) is 38.1 Å². The predicted octanol–water partition coefficient (Wildman–Crippen LogP) is 10.9. The molecule has 0 N–H and O–H groups in total. The number of hydrogen-bond donors (Lipinski definition) is 0. The molecule has 0 amide bonds. The minimum atomic E-state index is -0.889. The van der Waals surface area contributed by atoms with Crippen LogP contribution in [-0.4, -0.2) is 10.2 Å². The van der Waals surface area contributed by atoms with Gasteiger partial charge in [0.25, 0.3) is 0 Å². The van der Waals surface area contributed by atoms with E-state index in [2.05, 4.69) is 93.8 Å². The fourth-order valence-electron chi connectivity index (χ4n) is 7.32.